The molecule has 0 saturated heterocycles. The first-order valence-corrected chi connectivity index (χ1v) is 4.39. The van der Waals surface area contributed by atoms with Crippen LogP contribution in [-0.2, 0) is 0 Å². The summed E-state index contributed by atoms with van der Waals surface area (Å²) in [5.41, 5.74) is 7.99. The third kappa shape index (κ3) is 1.28. The van der Waals surface area contributed by atoms with Gasteiger partial charge in [0, 0.05) is 5.69 Å². The van der Waals surface area contributed by atoms with Crippen LogP contribution >= 0.6 is 23.7 Å². The van der Waals surface area contributed by atoms with E-state index < -0.39 is 0 Å². The van der Waals surface area contributed by atoms with Gasteiger partial charge in [-0.3, -0.25) is 0 Å². The summed E-state index contributed by atoms with van der Waals surface area (Å²) in [5.74, 6) is 0. The second-order valence-corrected chi connectivity index (χ2v) is 3.52. The zero-order chi connectivity index (χ0) is 7.84. The van der Waals surface area contributed by atoms with Gasteiger partial charge in [-0.25, -0.2) is 0 Å². The van der Waals surface area contributed by atoms with Crippen LogP contribution in [0.4, 0.5) is 5.69 Å². The number of nitrogens with two attached hydrogens (primary N) is 1. The van der Waals surface area contributed by atoms with E-state index in [9.17, 15) is 0 Å². The van der Waals surface area contributed by atoms with Crippen molar-refractivity contribution < 1.29 is 0 Å². The largest absolute Gasteiger partial charge is 0.398 e. The first-order valence-electron chi connectivity index (χ1n) is 3.51. The molecule has 0 unspecified atom stereocenters. The Morgan fingerprint density at radius 3 is 2.75 bits per heavy atom. The van der Waals surface area contributed by atoms with E-state index >= 15 is 0 Å². The van der Waals surface area contributed by atoms with E-state index in [1.807, 2.05) is 12.1 Å². The van der Waals surface area contributed by atoms with Crippen molar-refractivity contribution in [1.82, 2.24) is 0 Å². The maximum atomic E-state index is 5.78. The molecule has 1 aromatic heterocycles. The van der Waals surface area contributed by atoms with E-state index in [4.69, 9.17) is 5.73 Å². The topological polar surface area (TPSA) is 26.0 Å². The number of benzene rings is 1. The molecular weight excluding hydrogens is 190 g/mol. The molecular formula is C9H10ClNS. The lowest BCUT2D eigenvalue weighted by Crippen LogP contribution is -1.82. The van der Waals surface area contributed by atoms with Gasteiger partial charge < -0.3 is 5.73 Å². The van der Waals surface area contributed by atoms with E-state index in [0.717, 1.165) is 5.69 Å². The van der Waals surface area contributed by atoms with Crippen LogP contribution in [0, 0.1) is 6.92 Å². The maximum Gasteiger partial charge on any atom is 0.0574 e. The van der Waals surface area contributed by atoms with E-state index in [1.54, 1.807) is 11.3 Å². The fraction of sp³-hybridized carbons (Fsp3) is 0.111. The Morgan fingerprint density at radius 2 is 2.08 bits per heavy atom. The Balaban J connectivity index is 0.000000720. The van der Waals surface area contributed by atoms with Crippen molar-refractivity contribution >= 4 is 39.5 Å². The fourth-order valence-electron chi connectivity index (χ4n) is 1.21. The first kappa shape index (κ1) is 9.36. The molecule has 2 aromatic rings. The minimum Gasteiger partial charge on any atom is -0.398 e. The van der Waals surface area contributed by atoms with Gasteiger partial charge in [0.25, 0.3) is 0 Å². The molecule has 3 heteroatoms. The highest BCUT2D eigenvalue weighted by Crippen LogP contribution is 2.29. The third-order valence-corrected chi connectivity index (χ3v) is 2.99. The van der Waals surface area contributed by atoms with Crippen molar-refractivity contribution in [3.8, 4) is 0 Å². The van der Waals surface area contributed by atoms with Crippen LogP contribution in [0.2, 0.25) is 0 Å². The van der Waals surface area contributed by atoms with Gasteiger partial charge in [0.1, 0.15) is 0 Å². The summed E-state index contributed by atoms with van der Waals surface area (Å²) in [6, 6.07) is 6.05. The molecule has 1 nitrogen and oxygen atoms in total. The highest BCUT2D eigenvalue weighted by Gasteiger charge is 2.00. The Labute approximate surface area is 81.6 Å². The monoisotopic (exact) mass is 199 g/mol. The summed E-state index contributed by atoms with van der Waals surface area (Å²) < 4.78 is 1.21. The number of aryl methyl sites for hydroxylation is 1. The lowest BCUT2D eigenvalue weighted by atomic mass is 10.2. The molecule has 64 valence electrons. The number of halogens is 1. The van der Waals surface area contributed by atoms with Gasteiger partial charge in [0.15, 0.2) is 0 Å². The molecule has 0 saturated carbocycles. The predicted molar refractivity (Wildman–Crippen MR) is 58.2 cm³/mol. The van der Waals surface area contributed by atoms with Crippen LogP contribution in [-0.4, -0.2) is 0 Å². The van der Waals surface area contributed by atoms with E-state index in [-0.39, 0.29) is 12.4 Å². The molecule has 0 fully saturated rings. The molecule has 12 heavy (non-hydrogen) atoms. The average molecular weight is 200 g/mol. The summed E-state index contributed by atoms with van der Waals surface area (Å²) in [6.45, 7) is 2.11. The number of nitrogen functional groups attached to an aromatic ring is 1. The quantitative estimate of drug-likeness (QED) is 0.648. The number of hydrogen-bond acceptors (Lipinski definition) is 2. The zero-order valence-corrected chi connectivity index (χ0v) is 8.34. The number of hydrogen-bond donors (Lipinski definition) is 1. The molecule has 0 radical (unpaired) electrons. The molecule has 2 rings (SSSR count). The van der Waals surface area contributed by atoms with Gasteiger partial charge >= 0.3 is 0 Å². The third-order valence-electron chi connectivity index (χ3n) is 1.82. The molecule has 0 atom stereocenters. The van der Waals surface area contributed by atoms with Crippen LogP contribution in [0.15, 0.2) is 23.6 Å². The van der Waals surface area contributed by atoms with Crippen LogP contribution in [0.1, 0.15) is 5.56 Å². The smallest absolute Gasteiger partial charge is 0.0574 e. The second kappa shape index (κ2) is 3.33. The Bertz CT molecular complexity index is 394. The SMILES string of the molecule is Cc1csc2c(N)cccc12.Cl. The lowest BCUT2D eigenvalue weighted by Gasteiger charge is -1.94. The number of anilines is 1. The molecule has 0 aliphatic carbocycles. The Kier molecular flexibility index (Phi) is 2.60. The van der Waals surface area contributed by atoms with Gasteiger partial charge in [0.05, 0.1) is 4.70 Å². The van der Waals surface area contributed by atoms with E-state index in [2.05, 4.69) is 18.4 Å². The summed E-state index contributed by atoms with van der Waals surface area (Å²) in [5, 5.41) is 3.43. The van der Waals surface area contributed by atoms with Gasteiger partial charge in [-0.15, -0.1) is 23.7 Å². The summed E-state index contributed by atoms with van der Waals surface area (Å²) in [6.07, 6.45) is 0. The lowest BCUT2D eigenvalue weighted by molar-refractivity contribution is 1.60. The van der Waals surface area contributed by atoms with Crippen LogP contribution < -0.4 is 5.73 Å². The van der Waals surface area contributed by atoms with Crippen molar-refractivity contribution in [2.24, 2.45) is 0 Å². The normalized spacial score (nSPS) is 9.75. The summed E-state index contributed by atoms with van der Waals surface area (Å²) in [7, 11) is 0. The minimum absolute atomic E-state index is 0. The molecule has 1 aromatic carbocycles. The molecule has 0 aliphatic heterocycles. The summed E-state index contributed by atoms with van der Waals surface area (Å²) in [4.78, 5) is 0. The second-order valence-electron chi connectivity index (χ2n) is 2.64. The number of rotatable bonds is 0. The van der Waals surface area contributed by atoms with Crippen LogP contribution in [0.5, 0.6) is 0 Å². The van der Waals surface area contributed by atoms with Crippen molar-refractivity contribution in [1.29, 1.82) is 0 Å². The highest BCUT2D eigenvalue weighted by atomic mass is 35.5. The van der Waals surface area contributed by atoms with Crippen molar-refractivity contribution in [2.45, 2.75) is 6.92 Å². The van der Waals surface area contributed by atoms with E-state index in [1.165, 1.54) is 15.6 Å². The Morgan fingerprint density at radius 1 is 1.33 bits per heavy atom. The van der Waals surface area contributed by atoms with Crippen LogP contribution in [0.25, 0.3) is 10.1 Å². The summed E-state index contributed by atoms with van der Waals surface area (Å²) >= 11 is 1.72. The van der Waals surface area contributed by atoms with Crippen molar-refractivity contribution in [3.63, 3.8) is 0 Å². The number of thiophene rings is 1. The maximum absolute atomic E-state index is 5.78. The van der Waals surface area contributed by atoms with E-state index in [0.29, 0.717) is 0 Å². The molecule has 0 bridgehead atoms. The standard InChI is InChI=1S/C9H9NS.ClH/c1-6-5-11-9-7(6)3-2-4-8(9)10;/h2-5H,10H2,1H3;1H. The molecule has 1 heterocycles. The van der Waals surface area contributed by atoms with Crippen LogP contribution in [0.3, 0.4) is 0 Å². The highest BCUT2D eigenvalue weighted by molar-refractivity contribution is 7.18. The minimum atomic E-state index is 0. The number of fused-ring (bicyclic) bond motifs is 1. The van der Waals surface area contributed by atoms with Crippen molar-refractivity contribution in [3.05, 3.63) is 29.1 Å². The Hall–Kier alpha value is -0.730. The molecule has 0 aliphatic rings. The van der Waals surface area contributed by atoms with Gasteiger partial charge in [0.2, 0.25) is 0 Å². The van der Waals surface area contributed by atoms with Crippen molar-refractivity contribution in [2.75, 3.05) is 5.73 Å². The first-order chi connectivity index (χ1) is 5.29. The average Bonchev–Trinajstić information content (AvgIpc) is 2.35. The molecule has 2 N–H and O–H groups in total. The van der Waals surface area contributed by atoms with Gasteiger partial charge in [-0.1, -0.05) is 12.1 Å². The predicted octanol–water partition coefficient (Wildman–Crippen LogP) is 3.21. The zero-order valence-electron chi connectivity index (χ0n) is 6.70. The van der Waals surface area contributed by atoms with Gasteiger partial charge in [-0.05, 0) is 29.3 Å². The fourth-order valence-corrected chi connectivity index (χ4v) is 2.19. The molecule has 0 amide bonds. The van der Waals surface area contributed by atoms with Gasteiger partial charge in [-0.2, -0.15) is 0 Å². The molecule has 0 spiro atoms.